The summed E-state index contributed by atoms with van der Waals surface area (Å²) < 4.78 is 18.5. The molecule has 0 radical (unpaired) electrons. The number of fused-ring (bicyclic) bond motifs is 3. The first-order valence-electron chi connectivity index (χ1n) is 9.67. The van der Waals surface area contributed by atoms with E-state index in [1.807, 2.05) is 6.92 Å². The fraction of sp³-hybridized carbons (Fsp3) is 0.455. The Morgan fingerprint density at radius 1 is 1.22 bits per heavy atom. The van der Waals surface area contributed by atoms with Gasteiger partial charge in [0.05, 0.1) is 30.3 Å². The molecule has 0 aromatic heterocycles. The van der Waals surface area contributed by atoms with E-state index in [1.165, 1.54) is 22.4 Å². The second-order valence-corrected chi connectivity index (χ2v) is 7.96. The van der Waals surface area contributed by atoms with Crippen molar-refractivity contribution in [3.8, 4) is 11.5 Å². The number of benzene rings is 2. The first-order valence-corrected chi connectivity index (χ1v) is 10.5. The van der Waals surface area contributed by atoms with Crippen LogP contribution < -0.4 is 14.8 Å². The minimum atomic E-state index is 0.147. The number of methoxy groups -OCH3 is 1. The molecular weight excluding hydrogens is 406 g/mol. The van der Waals surface area contributed by atoms with Crippen molar-refractivity contribution in [2.75, 3.05) is 25.6 Å². The molecule has 0 bridgehead atoms. The molecule has 4 nitrogen and oxygen atoms in total. The summed E-state index contributed by atoms with van der Waals surface area (Å²) in [7, 11) is 1.67. The minimum absolute atomic E-state index is 0.147. The molecule has 2 aliphatic heterocycles. The summed E-state index contributed by atoms with van der Waals surface area (Å²) in [5.74, 6) is 1.91. The van der Waals surface area contributed by atoms with E-state index in [0.717, 1.165) is 35.4 Å². The smallest absolute Gasteiger partial charge is 0.174 e. The number of aryl methyl sites for hydroxylation is 1. The Bertz CT molecular complexity index is 839. The maximum Gasteiger partial charge on any atom is 0.174 e. The van der Waals surface area contributed by atoms with E-state index < -0.39 is 0 Å². The Kier molecular flexibility index (Phi) is 5.33. The van der Waals surface area contributed by atoms with Crippen LogP contribution in [0.3, 0.4) is 0 Å². The van der Waals surface area contributed by atoms with Crippen molar-refractivity contribution in [3.63, 3.8) is 0 Å². The van der Waals surface area contributed by atoms with Crippen molar-refractivity contribution in [1.82, 2.24) is 0 Å². The summed E-state index contributed by atoms with van der Waals surface area (Å²) in [6, 6.07) is 11.1. The Morgan fingerprint density at radius 3 is 2.81 bits per heavy atom. The number of hydrogen-bond donors (Lipinski definition) is 1. The molecule has 2 heterocycles. The molecule has 0 unspecified atom stereocenters. The average Bonchev–Trinajstić information content (AvgIpc) is 3.17. The van der Waals surface area contributed by atoms with Gasteiger partial charge in [-0.15, -0.1) is 0 Å². The summed E-state index contributed by atoms with van der Waals surface area (Å²) in [5.41, 5.74) is 5.02. The van der Waals surface area contributed by atoms with Gasteiger partial charge in [0.15, 0.2) is 11.5 Å². The highest BCUT2D eigenvalue weighted by atomic mass is 79.9. The highest BCUT2D eigenvalue weighted by Gasteiger charge is 2.41. The minimum Gasteiger partial charge on any atom is -0.492 e. The zero-order valence-electron chi connectivity index (χ0n) is 16.0. The molecule has 0 aliphatic carbocycles. The monoisotopic (exact) mass is 431 g/mol. The van der Waals surface area contributed by atoms with Crippen LogP contribution in [0.25, 0.3) is 0 Å². The van der Waals surface area contributed by atoms with Gasteiger partial charge in [-0.3, -0.25) is 0 Å². The lowest BCUT2D eigenvalue weighted by Gasteiger charge is -2.37. The number of rotatable bonds is 5. The molecule has 5 heteroatoms. The van der Waals surface area contributed by atoms with Crippen molar-refractivity contribution in [2.24, 2.45) is 5.92 Å². The molecule has 2 aromatic carbocycles. The van der Waals surface area contributed by atoms with Gasteiger partial charge in [0.25, 0.3) is 0 Å². The fourth-order valence-electron chi connectivity index (χ4n) is 4.30. The van der Waals surface area contributed by atoms with Gasteiger partial charge in [-0.2, -0.15) is 0 Å². The van der Waals surface area contributed by atoms with E-state index in [-0.39, 0.29) is 12.1 Å². The highest BCUT2D eigenvalue weighted by molar-refractivity contribution is 9.10. The van der Waals surface area contributed by atoms with E-state index >= 15 is 0 Å². The Morgan fingerprint density at radius 2 is 2.07 bits per heavy atom. The van der Waals surface area contributed by atoms with Crippen molar-refractivity contribution >= 4 is 21.6 Å². The normalized spacial score (nSPS) is 23.3. The van der Waals surface area contributed by atoms with Crippen molar-refractivity contribution in [2.45, 2.75) is 38.8 Å². The predicted octanol–water partition coefficient (Wildman–Crippen LogP) is 5.66. The van der Waals surface area contributed by atoms with Gasteiger partial charge in [0, 0.05) is 23.8 Å². The summed E-state index contributed by atoms with van der Waals surface area (Å²) in [4.78, 5) is 0. The number of hydrogen-bond acceptors (Lipinski definition) is 4. The van der Waals surface area contributed by atoms with Crippen LogP contribution in [-0.2, 0) is 11.2 Å². The van der Waals surface area contributed by atoms with E-state index in [2.05, 4.69) is 58.5 Å². The molecule has 4 rings (SSSR count). The molecule has 0 saturated carbocycles. The topological polar surface area (TPSA) is 39.7 Å². The van der Waals surface area contributed by atoms with E-state index in [1.54, 1.807) is 7.11 Å². The molecule has 3 atom stereocenters. The maximum atomic E-state index is 6.18. The lowest BCUT2D eigenvalue weighted by Crippen LogP contribution is -2.29. The van der Waals surface area contributed by atoms with Gasteiger partial charge in [-0.1, -0.05) is 19.1 Å². The number of ether oxygens (including phenoxy) is 3. The van der Waals surface area contributed by atoms with Crippen LogP contribution >= 0.6 is 15.9 Å². The third-order valence-corrected chi connectivity index (χ3v) is 6.19. The van der Waals surface area contributed by atoms with Crippen molar-refractivity contribution < 1.29 is 14.2 Å². The standard InChI is InChI=1S/C22H26BrNO3/c1-4-13-6-7-18-16(10-13)21-15(8-9-27-21)20(24-18)14-11-17(23)22(25-3)19(12-14)26-5-2/h6-7,10-12,15,20-21,24H,4-5,8-9H2,1-3H3/t15-,20+,21-/m0/s1. The van der Waals surface area contributed by atoms with Crippen LogP contribution in [-0.4, -0.2) is 20.3 Å². The van der Waals surface area contributed by atoms with Gasteiger partial charge < -0.3 is 19.5 Å². The SMILES string of the molecule is CCOc1cc([C@H]2Nc3ccc(CC)cc3[C@H]3OCC[C@@H]23)cc(Br)c1OC. The molecule has 1 saturated heterocycles. The highest BCUT2D eigenvalue weighted by Crippen LogP contribution is 2.51. The Labute approximate surface area is 169 Å². The molecule has 0 amide bonds. The Balaban J connectivity index is 1.76. The zero-order chi connectivity index (χ0) is 19.0. The molecule has 144 valence electrons. The summed E-state index contributed by atoms with van der Waals surface area (Å²) >= 11 is 3.65. The van der Waals surface area contributed by atoms with E-state index in [0.29, 0.717) is 12.5 Å². The summed E-state index contributed by atoms with van der Waals surface area (Å²) in [6.45, 7) is 5.58. The third kappa shape index (κ3) is 3.32. The van der Waals surface area contributed by atoms with Crippen LogP contribution in [0.2, 0.25) is 0 Å². The van der Waals surface area contributed by atoms with Crippen LogP contribution in [0, 0.1) is 5.92 Å². The molecular formula is C22H26BrNO3. The second-order valence-electron chi connectivity index (χ2n) is 7.11. The first-order chi connectivity index (χ1) is 13.2. The lowest BCUT2D eigenvalue weighted by atomic mass is 9.80. The summed E-state index contributed by atoms with van der Waals surface area (Å²) in [6.07, 6.45) is 2.23. The van der Waals surface area contributed by atoms with Crippen LogP contribution in [0.15, 0.2) is 34.8 Å². The van der Waals surface area contributed by atoms with Crippen molar-refractivity contribution in [1.29, 1.82) is 0 Å². The quantitative estimate of drug-likeness (QED) is 0.662. The zero-order valence-corrected chi connectivity index (χ0v) is 17.6. The second kappa shape index (κ2) is 7.72. The third-order valence-electron chi connectivity index (χ3n) is 5.60. The molecule has 27 heavy (non-hydrogen) atoms. The molecule has 1 fully saturated rings. The molecule has 0 spiro atoms. The maximum absolute atomic E-state index is 6.18. The Hall–Kier alpha value is -1.72. The average molecular weight is 432 g/mol. The van der Waals surface area contributed by atoms with Gasteiger partial charge in [0.2, 0.25) is 0 Å². The van der Waals surface area contributed by atoms with Gasteiger partial charge >= 0.3 is 0 Å². The molecule has 1 N–H and O–H groups in total. The number of nitrogens with one attached hydrogen (secondary N) is 1. The van der Waals surface area contributed by atoms with Gasteiger partial charge in [-0.25, -0.2) is 0 Å². The largest absolute Gasteiger partial charge is 0.492 e. The van der Waals surface area contributed by atoms with E-state index in [4.69, 9.17) is 14.2 Å². The van der Waals surface area contributed by atoms with E-state index in [9.17, 15) is 0 Å². The summed E-state index contributed by atoms with van der Waals surface area (Å²) in [5, 5.41) is 3.77. The van der Waals surface area contributed by atoms with Crippen LogP contribution in [0.1, 0.15) is 49.1 Å². The first kappa shape index (κ1) is 18.6. The van der Waals surface area contributed by atoms with Crippen LogP contribution in [0.5, 0.6) is 11.5 Å². The molecule has 2 aromatic rings. The fourth-order valence-corrected chi connectivity index (χ4v) is 4.92. The van der Waals surface area contributed by atoms with Crippen molar-refractivity contribution in [3.05, 3.63) is 51.5 Å². The molecule has 2 aliphatic rings. The lowest BCUT2D eigenvalue weighted by molar-refractivity contribution is 0.0828. The number of halogens is 1. The van der Waals surface area contributed by atoms with Gasteiger partial charge in [-0.05, 0) is 65.0 Å². The van der Waals surface area contributed by atoms with Gasteiger partial charge in [0.1, 0.15) is 0 Å². The van der Waals surface area contributed by atoms with Crippen LogP contribution in [0.4, 0.5) is 5.69 Å². The predicted molar refractivity (Wildman–Crippen MR) is 111 cm³/mol. The number of anilines is 1.